The molecule has 1 atom stereocenters. The number of hydrogen-bond donors (Lipinski definition) is 1. The fraction of sp³-hybridized carbons (Fsp3) is 0.200. The third kappa shape index (κ3) is 4.80. The number of ether oxygens (including phenoxy) is 3. The first-order valence-corrected chi connectivity index (χ1v) is 8.74. The zero-order chi connectivity index (χ0) is 19.2. The van der Waals surface area contributed by atoms with E-state index >= 15 is 0 Å². The van der Waals surface area contributed by atoms with E-state index in [0.29, 0.717) is 40.9 Å². The van der Waals surface area contributed by atoms with Crippen LogP contribution in [0, 0.1) is 0 Å². The Hall–Kier alpha value is -2.99. The first-order valence-electron chi connectivity index (χ1n) is 8.36. The predicted octanol–water partition coefficient (Wildman–Crippen LogP) is 3.28. The van der Waals surface area contributed by atoms with Gasteiger partial charge in [0.2, 0.25) is 6.10 Å². The first kappa shape index (κ1) is 18.8. The molecule has 1 aliphatic rings. The van der Waals surface area contributed by atoms with Gasteiger partial charge in [0.1, 0.15) is 0 Å². The summed E-state index contributed by atoms with van der Waals surface area (Å²) in [6.45, 7) is 1.05. The van der Waals surface area contributed by atoms with Crippen LogP contribution in [-0.2, 0) is 14.3 Å². The standard InChI is InChI=1S/C20H18ClNO5/c21-15-11-13(12-16-19(15)26-10-4-9-25-16)7-8-17(23)27-18(20(22)24)14-5-2-1-3-6-14/h1-3,5-8,11-12,18H,4,9-10H2,(H2,22,24)/b8-7+. The zero-order valence-corrected chi connectivity index (χ0v) is 15.1. The molecule has 2 aromatic carbocycles. The summed E-state index contributed by atoms with van der Waals surface area (Å²) in [5, 5.41) is 0.390. The van der Waals surface area contributed by atoms with Crippen molar-refractivity contribution >= 4 is 29.6 Å². The third-order valence-electron chi connectivity index (χ3n) is 3.83. The molecule has 0 fully saturated rings. The van der Waals surface area contributed by atoms with Gasteiger partial charge in [-0.2, -0.15) is 0 Å². The lowest BCUT2D eigenvalue weighted by atomic mass is 10.1. The number of esters is 1. The topological polar surface area (TPSA) is 87.9 Å². The highest BCUT2D eigenvalue weighted by Gasteiger charge is 2.21. The highest BCUT2D eigenvalue weighted by atomic mass is 35.5. The minimum atomic E-state index is -1.16. The molecule has 0 spiro atoms. The van der Waals surface area contributed by atoms with Gasteiger partial charge in [-0.1, -0.05) is 41.9 Å². The second-order valence-electron chi connectivity index (χ2n) is 5.84. The van der Waals surface area contributed by atoms with E-state index in [1.165, 1.54) is 12.2 Å². The number of primary amides is 1. The molecule has 0 aliphatic carbocycles. The lowest BCUT2D eigenvalue weighted by Gasteiger charge is -2.13. The van der Waals surface area contributed by atoms with Gasteiger partial charge in [0.25, 0.3) is 5.91 Å². The van der Waals surface area contributed by atoms with Crippen LogP contribution in [0.1, 0.15) is 23.7 Å². The number of hydrogen-bond acceptors (Lipinski definition) is 5. The summed E-state index contributed by atoms with van der Waals surface area (Å²) in [7, 11) is 0. The molecule has 1 amide bonds. The molecule has 2 N–H and O–H groups in total. The summed E-state index contributed by atoms with van der Waals surface area (Å²) >= 11 is 6.22. The van der Waals surface area contributed by atoms with Crippen molar-refractivity contribution in [2.75, 3.05) is 13.2 Å². The van der Waals surface area contributed by atoms with Crippen molar-refractivity contribution in [3.05, 3.63) is 64.7 Å². The molecule has 140 valence electrons. The average Bonchev–Trinajstić information content (AvgIpc) is 2.91. The molecule has 0 radical (unpaired) electrons. The second kappa shape index (κ2) is 8.60. The van der Waals surface area contributed by atoms with Gasteiger partial charge in [0.05, 0.1) is 18.2 Å². The SMILES string of the molecule is NC(=O)C(OC(=O)/C=C/c1cc(Cl)c2c(c1)OCCCO2)c1ccccc1. The molecule has 0 saturated heterocycles. The van der Waals surface area contributed by atoms with E-state index in [2.05, 4.69) is 0 Å². The van der Waals surface area contributed by atoms with Crippen LogP contribution in [0.5, 0.6) is 11.5 Å². The molecule has 1 unspecified atom stereocenters. The first-order chi connectivity index (χ1) is 13.0. The molecule has 2 aromatic rings. The number of benzene rings is 2. The molecule has 7 heteroatoms. The van der Waals surface area contributed by atoms with Crippen LogP contribution in [0.15, 0.2) is 48.5 Å². The molecular formula is C20H18ClNO5. The second-order valence-corrected chi connectivity index (χ2v) is 6.25. The maximum atomic E-state index is 12.1. The van der Waals surface area contributed by atoms with E-state index in [9.17, 15) is 9.59 Å². The van der Waals surface area contributed by atoms with Gasteiger partial charge in [0, 0.05) is 18.1 Å². The van der Waals surface area contributed by atoms with Gasteiger partial charge < -0.3 is 19.9 Å². The van der Waals surface area contributed by atoms with Crippen molar-refractivity contribution in [2.24, 2.45) is 5.73 Å². The van der Waals surface area contributed by atoms with E-state index in [1.54, 1.807) is 42.5 Å². The quantitative estimate of drug-likeness (QED) is 0.628. The molecule has 0 bridgehead atoms. The highest BCUT2D eigenvalue weighted by Crippen LogP contribution is 2.38. The van der Waals surface area contributed by atoms with E-state index in [4.69, 9.17) is 31.5 Å². The Balaban J connectivity index is 1.73. The molecule has 3 rings (SSSR count). The number of carbonyl (C=O) groups is 2. The lowest BCUT2D eigenvalue weighted by molar-refractivity contribution is -0.150. The van der Waals surface area contributed by atoms with Crippen LogP contribution in [0.2, 0.25) is 5.02 Å². The average molecular weight is 388 g/mol. The lowest BCUT2D eigenvalue weighted by Crippen LogP contribution is -2.25. The number of fused-ring (bicyclic) bond motifs is 1. The Morgan fingerprint density at radius 2 is 1.89 bits per heavy atom. The van der Waals surface area contributed by atoms with Gasteiger partial charge in [-0.3, -0.25) is 4.79 Å². The minimum absolute atomic E-state index is 0.390. The number of nitrogens with two attached hydrogens (primary N) is 1. The number of carbonyl (C=O) groups excluding carboxylic acids is 2. The van der Waals surface area contributed by atoms with Crippen molar-refractivity contribution in [2.45, 2.75) is 12.5 Å². The summed E-state index contributed by atoms with van der Waals surface area (Å²) in [5.41, 5.74) is 6.49. The van der Waals surface area contributed by atoms with Gasteiger partial charge in [-0.05, 0) is 23.8 Å². The largest absolute Gasteiger partial charge is 0.489 e. The van der Waals surface area contributed by atoms with Crippen LogP contribution in [0.25, 0.3) is 6.08 Å². The molecule has 6 nitrogen and oxygen atoms in total. The molecule has 0 aromatic heterocycles. The van der Waals surface area contributed by atoms with Crippen molar-refractivity contribution in [1.82, 2.24) is 0 Å². The van der Waals surface area contributed by atoms with Crippen LogP contribution in [0.4, 0.5) is 0 Å². The maximum Gasteiger partial charge on any atom is 0.331 e. The van der Waals surface area contributed by atoms with E-state index in [1.807, 2.05) is 0 Å². The zero-order valence-electron chi connectivity index (χ0n) is 14.4. The summed E-state index contributed by atoms with van der Waals surface area (Å²) in [6.07, 6.45) is 2.33. The van der Waals surface area contributed by atoms with Crippen molar-refractivity contribution in [3.63, 3.8) is 0 Å². The molecule has 1 heterocycles. The number of rotatable bonds is 5. The van der Waals surface area contributed by atoms with E-state index < -0.39 is 18.0 Å². The number of halogens is 1. The Morgan fingerprint density at radius 3 is 2.63 bits per heavy atom. The van der Waals surface area contributed by atoms with Gasteiger partial charge in [-0.25, -0.2) is 4.79 Å². The monoisotopic (exact) mass is 387 g/mol. The minimum Gasteiger partial charge on any atom is -0.489 e. The Labute approximate surface area is 161 Å². The molecule has 1 aliphatic heterocycles. The number of amides is 1. The maximum absolute atomic E-state index is 12.1. The predicted molar refractivity (Wildman–Crippen MR) is 101 cm³/mol. The smallest absolute Gasteiger partial charge is 0.331 e. The van der Waals surface area contributed by atoms with Crippen molar-refractivity contribution in [1.29, 1.82) is 0 Å². The van der Waals surface area contributed by atoms with Crippen molar-refractivity contribution in [3.8, 4) is 11.5 Å². The van der Waals surface area contributed by atoms with Gasteiger partial charge in [0.15, 0.2) is 11.5 Å². The van der Waals surface area contributed by atoms with Gasteiger partial charge >= 0.3 is 5.97 Å². The summed E-state index contributed by atoms with van der Waals surface area (Å²) in [4.78, 5) is 23.7. The van der Waals surface area contributed by atoms with Crippen LogP contribution >= 0.6 is 11.6 Å². The summed E-state index contributed by atoms with van der Waals surface area (Å²) in [6, 6.07) is 12.0. The van der Waals surface area contributed by atoms with Crippen LogP contribution < -0.4 is 15.2 Å². The summed E-state index contributed by atoms with van der Waals surface area (Å²) < 4.78 is 16.4. The van der Waals surface area contributed by atoms with E-state index in [-0.39, 0.29) is 0 Å². The van der Waals surface area contributed by atoms with Crippen LogP contribution in [0.3, 0.4) is 0 Å². The fourth-order valence-electron chi connectivity index (χ4n) is 2.58. The van der Waals surface area contributed by atoms with Crippen LogP contribution in [-0.4, -0.2) is 25.1 Å². The highest BCUT2D eigenvalue weighted by molar-refractivity contribution is 6.32. The Morgan fingerprint density at radius 1 is 1.15 bits per heavy atom. The van der Waals surface area contributed by atoms with E-state index in [0.717, 1.165) is 6.42 Å². The molecule has 27 heavy (non-hydrogen) atoms. The van der Waals surface area contributed by atoms with Gasteiger partial charge in [-0.15, -0.1) is 0 Å². The normalized spacial score (nSPS) is 14.4. The van der Waals surface area contributed by atoms with Crippen molar-refractivity contribution < 1.29 is 23.8 Å². The molecule has 0 saturated carbocycles. The molecular weight excluding hydrogens is 370 g/mol. The fourth-order valence-corrected chi connectivity index (χ4v) is 2.86. The summed E-state index contributed by atoms with van der Waals surface area (Å²) in [5.74, 6) is -0.438. The Bertz CT molecular complexity index is 866. The Kier molecular flexibility index (Phi) is 5.98. The third-order valence-corrected chi connectivity index (χ3v) is 4.11.